The second-order valence-electron chi connectivity index (χ2n) is 0. The summed E-state index contributed by atoms with van der Waals surface area (Å²) in [5.74, 6) is 0. The van der Waals surface area contributed by atoms with Crippen LogP contribution in [0.4, 0.5) is 0 Å². The van der Waals surface area contributed by atoms with E-state index in [9.17, 15) is 0 Å². The fourth-order valence-corrected chi connectivity index (χ4v) is 0. The molecular weight excluding hydrogens is 527 g/mol. The van der Waals surface area contributed by atoms with Crippen LogP contribution in [0.25, 0.3) is 0 Å². The Hall–Kier alpha value is 5.48. The summed E-state index contributed by atoms with van der Waals surface area (Å²) in [7, 11) is 0. The van der Waals surface area contributed by atoms with Crippen molar-refractivity contribution in [3.8, 4) is 0 Å². The zero-order valence-corrected chi connectivity index (χ0v) is 13.9. The molecule has 0 atom stereocenters. The molecule has 0 amide bonds. The fourth-order valence-electron chi connectivity index (χ4n) is 0. The monoisotopic (exact) mass is 530 g/mol. The third kappa shape index (κ3) is 17.7. The van der Waals surface area contributed by atoms with Gasteiger partial charge >= 0.3 is 125 Å². The smallest absolute Gasteiger partial charge is 0 e. The van der Waals surface area contributed by atoms with E-state index in [1.54, 1.807) is 0 Å². The molecule has 0 spiro atoms. The van der Waals surface area contributed by atoms with Crippen LogP contribution in [0.2, 0.25) is 0 Å². The molecule has 18 valence electrons. The average Bonchev–Trinajstić information content (AvgIpc) is 0. The quantitative estimate of drug-likeness (QED) is 0.364. The molecule has 0 N–H and O–H groups in total. The summed E-state index contributed by atoms with van der Waals surface area (Å²) < 4.78 is 0. The predicted octanol–water partition coefficient (Wildman–Crippen LogP) is -0.764. The van der Waals surface area contributed by atoms with Crippen LogP contribution in [0.5, 0.6) is 0 Å². The van der Waals surface area contributed by atoms with Gasteiger partial charge in [-0.05, 0) is 0 Å². The SMILES string of the molecule is [Ca+2].[Ge+4].[Lu+3].[Sm].[Y+3]. The molecule has 0 aromatic rings. The van der Waals surface area contributed by atoms with Crippen LogP contribution in [0, 0.1) is 77.3 Å². The van der Waals surface area contributed by atoms with E-state index in [0.717, 1.165) is 0 Å². The van der Waals surface area contributed by atoms with Crippen molar-refractivity contribution in [2.24, 2.45) is 0 Å². The molecule has 0 unspecified atom stereocenters. The molecule has 0 fully saturated rings. The Labute approximate surface area is 160 Å². The summed E-state index contributed by atoms with van der Waals surface area (Å²) in [5.41, 5.74) is 0. The molecule has 0 heterocycles. The normalized spacial score (nSPS) is 0. The van der Waals surface area contributed by atoms with Gasteiger partial charge in [-0.1, -0.05) is 0 Å². The minimum Gasteiger partial charge on any atom is 0 e. The zero-order chi connectivity index (χ0) is 0. The maximum atomic E-state index is 0. The minimum atomic E-state index is 0. The van der Waals surface area contributed by atoms with E-state index in [0.29, 0.717) is 0 Å². The van der Waals surface area contributed by atoms with Crippen molar-refractivity contribution in [1.29, 1.82) is 0 Å². The van der Waals surface area contributed by atoms with Crippen molar-refractivity contribution in [1.82, 2.24) is 0 Å². The standard InChI is InChI=1S/Ca.Ge.Lu.Sm.Y/q+2;+4;+3;;+3. The largest absolute Gasteiger partial charge is 4.00 e. The molecular formula is CaGeLuSmY+12. The second-order valence-corrected chi connectivity index (χ2v) is 0. The molecule has 0 aliphatic rings. The topological polar surface area (TPSA) is 0 Å². The summed E-state index contributed by atoms with van der Waals surface area (Å²) >= 11 is 0. The van der Waals surface area contributed by atoms with Gasteiger partial charge in [-0.15, -0.1) is 0 Å². The van der Waals surface area contributed by atoms with E-state index < -0.39 is 0 Å². The fraction of sp³-hybridized carbons (Fsp3) is 0. The van der Waals surface area contributed by atoms with E-state index >= 15 is 0 Å². The summed E-state index contributed by atoms with van der Waals surface area (Å²) in [6.45, 7) is 0. The van der Waals surface area contributed by atoms with Gasteiger partial charge in [0.1, 0.15) is 0 Å². The molecule has 0 aromatic carbocycles. The Bertz CT molecular complexity index is 11.6. The molecule has 0 aliphatic heterocycles. The van der Waals surface area contributed by atoms with E-state index in [1.165, 1.54) is 0 Å². The van der Waals surface area contributed by atoms with Gasteiger partial charge in [0.05, 0.1) is 0 Å². The molecule has 5 heteroatoms. The molecule has 0 saturated carbocycles. The molecule has 0 nitrogen and oxygen atoms in total. The van der Waals surface area contributed by atoms with Crippen molar-refractivity contribution >= 4 is 55.3 Å². The summed E-state index contributed by atoms with van der Waals surface area (Å²) in [6.07, 6.45) is 0. The maximum absolute atomic E-state index is 0. The van der Waals surface area contributed by atoms with Crippen LogP contribution in [0.3, 0.4) is 0 Å². The van der Waals surface area contributed by atoms with Crippen molar-refractivity contribution < 1.29 is 110 Å². The third-order valence-corrected chi connectivity index (χ3v) is 0. The summed E-state index contributed by atoms with van der Waals surface area (Å²) in [5, 5.41) is 0. The van der Waals surface area contributed by atoms with E-state index in [1.807, 2.05) is 0 Å². The minimum absolute atomic E-state index is 0. The Morgan fingerprint density at radius 2 is 1.00 bits per heavy atom. The van der Waals surface area contributed by atoms with E-state index in [2.05, 4.69) is 0 Å². The van der Waals surface area contributed by atoms with Crippen molar-refractivity contribution in [3.63, 3.8) is 0 Å². The summed E-state index contributed by atoms with van der Waals surface area (Å²) in [6, 6.07) is 0. The van der Waals surface area contributed by atoms with E-state index in [4.69, 9.17) is 0 Å². The predicted molar refractivity (Wildman–Crippen MR) is 11.5 cm³/mol. The number of hydrogen-bond donors (Lipinski definition) is 0. The molecule has 5 heavy (non-hydrogen) atoms. The van der Waals surface area contributed by atoms with Crippen molar-refractivity contribution in [2.45, 2.75) is 0 Å². The number of rotatable bonds is 0. The Kier molecular flexibility index (Phi) is 142. The van der Waals surface area contributed by atoms with Crippen LogP contribution in [-0.2, 0) is 32.7 Å². The average molecular weight is 527 g/mol. The Balaban J connectivity index is 0. The first kappa shape index (κ1) is 31.4. The van der Waals surface area contributed by atoms with Gasteiger partial charge in [-0.3, -0.25) is 0 Å². The second kappa shape index (κ2) is 22.7. The van der Waals surface area contributed by atoms with E-state index in [-0.39, 0.29) is 165 Å². The van der Waals surface area contributed by atoms with Gasteiger partial charge in [0, 0.05) is 40.4 Å². The zero-order valence-electron chi connectivity index (χ0n) is 2.45. The van der Waals surface area contributed by atoms with Gasteiger partial charge in [-0.25, -0.2) is 0 Å². The van der Waals surface area contributed by atoms with Crippen LogP contribution in [0.15, 0.2) is 0 Å². The molecule has 0 rings (SSSR count). The molecule has 0 bridgehead atoms. The van der Waals surface area contributed by atoms with Gasteiger partial charge in [0.2, 0.25) is 0 Å². The number of hydrogen-bond acceptors (Lipinski definition) is 0. The van der Waals surface area contributed by atoms with Crippen LogP contribution < -0.4 is 0 Å². The first-order valence-electron chi connectivity index (χ1n) is 0. The van der Waals surface area contributed by atoms with Crippen LogP contribution in [0.1, 0.15) is 0 Å². The van der Waals surface area contributed by atoms with Crippen LogP contribution in [-0.4, -0.2) is 55.3 Å². The van der Waals surface area contributed by atoms with Crippen molar-refractivity contribution in [3.05, 3.63) is 0 Å². The molecule has 0 aliphatic carbocycles. The maximum Gasteiger partial charge on any atom is 4.00 e. The van der Waals surface area contributed by atoms with Gasteiger partial charge in [-0.2, -0.15) is 0 Å². The third-order valence-electron chi connectivity index (χ3n) is 0. The van der Waals surface area contributed by atoms with Crippen molar-refractivity contribution in [2.75, 3.05) is 0 Å². The van der Waals surface area contributed by atoms with Gasteiger partial charge < -0.3 is 0 Å². The molecule has 0 radical (unpaired) electrons. The van der Waals surface area contributed by atoms with Gasteiger partial charge in [0.25, 0.3) is 0 Å². The first-order valence-corrected chi connectivity index (χ1v) is 0. The Morgan fingerprint density at radius 1 is 1.00 bits per heavy atom. The van der Waals surface area contributed by atoms with Gasteiger partial charge in [0.15, 0.2) is 0 Å². The first-order chi connectivity index (χ1) is 0. The Morgan fingerprint density at radius 3 is 1.00 bits per heavy atom. The van der Waals surface area contributed by atoms with Crippen LogP contribution >= 0.6 is 0 Å². The molecule has 0 saturated heterocycles. The summed E-state index contributed by atoms with van der Waals surface area (Å²) in [4.78, 5) is 0. The molecule has 0 aromatic heterocycles.